The molecule has 2 N–H and O–H groups in total. The van der Waals surface area contributed by atoms with Crippen molar-refractivity contribution in [1.29, 1.82) is 0 Å². The van der Waals surface area contributed by atoms with Gasteiger partial charge in [0, 0.05) is 29.2 Å². The number of amides is 2. The Bertz CT molecular complexity index is 926. The largest absolute Gasteiger partial charge is 0.494 e. The van der Waals surface area contributed by atoms with Gasteiger partial charge >= 0.3 is 13.1 Å². The summed E-state index contributed by atoms with van der Waals surface area (Å²) in [5, 5.41) is 18.5. The van der Waals surface area contributed by atoms with Crippen LogP contribution in [0.15, 0.2) is 60.9 Å². The molecular weight excluding hydrogens is 363 g/mol. The molecule has 1 aromatic carbocycles. The number of rotatable bonds is 7. The molecule has 0 atom stereocenters. The van der Waals surface area contributed by atoms with E-state index < -0.39 is 24.9 Å². The Morgan fingerprint density at radius 1 is 1.11 bits per heavy atom. The van der Waals surface area contributed by atoms with Gasteiger partial charge in [-0.3, -0.25) is 14.5 Å². The zero-order chi connectivity index (χ0) is 20.1. The van der Waals surface area contributed by atoms with E-state index in [0.29, 0.717) is 17.6 Å². The molecule has 2 heterocycles. The van der Waals surface area contributed by atoms with Crippen molar-refractivity contribution in [2.45, 2.75) is 6.54 Å². The van der Waals surface area contributed by atoms with E-state index in [9.17, 15) is 24.4 Å². The fraction of sp³-hybridized carbons (Fsp3) is 0.158. The Balaban J connectivity index is 1.59. The van der Waals surface area contributed by atoms with Gasteiger partial charge in [0.15, 0.2) is 18.9 Å². The molecule has 1 aromatic heterocycles. The Morgan fingerprint density at radius 3 is 2.57 bits per heavy atom. The van der Waals surface area contributed by atoms with Gasteiger partial charge < -0.3 is 14.8 Å². The predicted octanol–water partition coefficient (Wildman–Crippen LogP) is -1.22. The SMILES string of the molecule is O=C(OCCN1C(=O)C=CC1=O)c1cccc(C[n+]2cccc(B(O)O)c2)c1. The highest BCUT2D eigenvalue weighted by atomic mass is 16.5. The molecule has 142 valence electrons. The van der Waals surface area contributed by atoms with Gasteiger partial charge in [-0.2, -0.15) is 0 Å². The summed E-state index contributed by atoms with van der Waals surface area (Å²) in [6.45, 7) is 0.333. The summed E-state index contributed by atoms with van der Waals surface area (Å²) < 4.78 is 6.92. The van der Waals surface area contributed by atoms with E-state index in [0.717, 1.165) is 10.5 Å². The molecule has 0 saturated heterocycles. The number of ether oxygens (including phenoxy) is 1. The summed E-state index contributed by atoms with van der Waals surface area (Å²) in [6.07, 6.45) is 5.73. The van der Waals surface area contributed by atoms with Crippen molar-refractivity contribution in [3.63, 3.8) is 0 Å². The van der Waals surface area contributed by atoms with E-state index in [-0.39, 0.29) is 13.2 Å². The summed E-state index contributed by atoms with van der Waals surface area (Å²) in [5.41, 5.74) is 1.52. The third-order valence-electron chi connectivity index (χ3n) is 4.16. The molecule has 28 heavy (non-hydrogen) atoms. The van der Waals surface area contributed by atoms with Crippen LogP contribution in [0.25, 0.3) is 0 Å². The number of benzene rings is 1. The third-order valence-corrected chi connectivity index (χ3v) is 4.16. The molecule has 0 bridgehead atoms. The van der Waals surface area contributed by atoms with Crippen LogP contribution in [0, 0.1) is 0 Å². The van der Waals surface area contributed by atoms with Crippen molar-refractivity contribution in [3.05, 3.63) is 72.1 Å². The monoisotopic (exact) mass is 381 g/mol. The lowest BCUT2D eigenvalue weighted by atomic mass is 9.82. The zero-order valence-electron chi connectivity index (χ0n) is 14.9. The number of hydrogen-bond acceptors (Lipinski definition) is 6. The highest BCUT2D eigenvalue weighted by molar-refractivity contribution is 6.58. The highest BCUT2D eigenvalue weighted by Gasteiger charge is 2.23. The summed E-state index contributed by atoms with van der Waals surface area (Å²) in [4.78, 5) is 36.2. The lowest BCUT2D eigenvalue weighted by molar-refractivity contribution is -0.687. The molecular formula is C19H18BN2O6+. The molecule has 2 aromatic rings. The van der Waals surface area contributed by atoms with Crippen LogP contribution in [0.5, 0.6) is 0 Å². The number of carbonyl (C=O) groups is 3. The summed E-state index contributed by atoms with van der Waals surface area (Å²) in [7, 11) is -1.56. The predicted molar refractivity (Wildman–Crippen MR) is 98.1 cm³/mol. The Hall–Kier alpha value is -3.30. The van der Waals surface area contributed by atoms with Gasteiger partial charge in [0.2, 0.25) is 0 Å². The van der Waals surface area contributed by atoms with E-state index in [2.05, 4.69) is 0 Å². The maximum Gasteiger partial charge on any atom is 0.494 e. The number of hydrogen-bond donors (Lipinski definition) is 2. The van der Waals surface area contributed by atoms with Crippen molar-refractivity contribution in [1.82, 2.24) is 4.90 Å². The summed E-state index contributed by atoms with van der Waals surface area (Å²) in [5.74, 6) is -1.40. The van der Waals surface area contributed by atoms with Gasteiger partial charge in [-0.05, 0) is 12.1 Å². The molecule has 2 amide bonds. The fourth-order valence-corrected chi connectivity index (χ4v) is 2.77. The van der Waals surface area contributed by atoms with Crippen molar-refractivity contribution < 1.29 is 33.7 Å². The molecule has 0 unspecified atom stereocenters. The van der Waals surface area contributed by atoms with Crippen LogP contribution in [0.2, 0.25) is 0 Å². The normalized spacial score (nSPS) is 13.1. The molecule has 1 aliphatic heterocycles. The second kappa shape index (κ2) is 8.60. The molecule has 9 heteroatoms. The van der Waals surface area contributed by atoms with Crippen molar-refractivity contribution in [2.75, 3.05) is 13.2 Å². The van der Waals surface area contributed by atoms with E-state index in [1.165, 1.54) is 12.2 Å². The summed E-state index contributed by atoms with van der Waals surface area (Å²) >= 11 is 0. The van der Waals surface area contributed by atoms with Gasteiger partial charge in [-0.1, -0.05) is 18.2 Å². The van der Waals surface area contributed by atoms with Gasteiger partial charge in [0.25, 0.3) is 11.8 Å². The molecule has 1 aliphatic rings. The van der Waals surface area contributed by atoms with E-state index >= 15 is 0 Å². The van der Waals surface area contributed by atoms with Crippen LogP contribution in [0.4, 0.5) is 0 Å². The molecule has 0 fully saturated rings. The van der Waals surface area contributed by atoms with Crippen LogP contribution in [0.1, 0.15) is 15.9 Å². The van der Waals surface area contributed by atoms with E-state index in [4.69, 9.17) is 4.74 Å². The average molecular weight is 381 g/mol. The quantitative estimate of drug-likeness (QED) is 0.270. The van der Waals surface area contributed by atoms with Crippen molar-refractivity contribution in [3.8, 4) is 0 Å². The smallest absolute Gasteiger partial charge is 0.460 e. The fourth-order valence-electron chi connectivity index (χ4n) is 2.77. The van der Waals surface area contributed by atoms with Crippen molar-refractivity contribution >= 4 is 30.4 Å². The van der Waals surface area contributed by atoms with Crippen LogP contribution in [0.3, 0.4) is 0 Å². The van der Waals surface area contributed by atoms with Gasteiger partial charge in [-0.15, -0.1) is 0 Å². The second-order valence-electron chi connectivity index (χ2n) is 6.18. The maximum atomic E-state index is 12.2. The minimum atomic E-state index is -1.56. The van der Waals surface area contributed by atoms with Gasteiger partial charge in [-0.25, -0.2) is 9.36 Å². The molecule has 0 aliphatic carbocycles. The third kappa shape index (κ3) is 4.70. The van der Waals surface area contributed by atoms with Crippen LogP contribution in [-0.4, -0.2) is 53.0 Å². The second-order valence-corrected chi connectivity index (χ2v) is 6.18. The number of imide groups is 1. The van der Waals surface area contributed by atoms with Crippen LogP contribution >= 0.6 is 0 Å². The highest BCUT2D eigenvalue weighted by Crippen LogP contribution is 2.08. The average Bonchev–Trinajstić information content (AvgIpc) is 3.00. The van der Waals surface area contributed by atoms with Gasteiger partial charge in [0.05, 0.1) is 12.1 Å². The number of pyridine rings is 1. The number of esters is 1. The maximum absolute atomic E-state index is 12.2. The molecule has 0 saturated carbocycles. The first-order chi connectivity index (χ1) is 13.4. The van der Waals surface area contributed by atoms with Crippen molar-refractivity contribution in [2.24, 2.45) is 0 Å². The van der Waals surface area contributed by atoms with Crippen LogP contribution in [-0.2, 0) is 20.9 Å². The molecule has 8 nitrogen and oxygen atoms in total. The number of aromatic nitrogens is 1. The standard InChI is InChI=1S/C19H18BN2O6/c23-17-6-7-18(24)22(17)9-10-28-19(25)15-4-1-3-14(11-15)12-21-8-2-5-16(13-21)20(26)27/h1-8,11,13,26-27H,9-10,12H2/q+1. The lowest BCUT2D eigenvalue weighted by Gasteiger charge is -2.13. The summed E-state index contributed by atoms with van der Waals surface area (Å²) in [6, 6.07) is 10.1. The number of nitrogens with zero attached hydrogens (tertiary/aromatic N) is 2. The van der Waals surface area contributed by atoms with Crippen LogP contribution < -0.4 is 10.0 Å². The Kier molecular flexibility index (Phi) is 5.98. The van der Waals surface area contributed by atoms with E-state index in [1.54, 1.807) is 47.3 Å². The molecule has 0 spiro atoms. The van der Waals surface area contributed by atoms with Gasteiger partial charge in [0.1, 0.15) is 6.61 Å². The Labute approximate surface area is 161 Å². The number of carbonyl (C=O) groups excluding carboxylic acids is 3. The van der Waals surface area contributed by atoms with E-state index in [1.807, 2.05) is 6.07 Å². The Morgan fingerprint density at radius 2 is 1.86 bits per heavy atom. The first kappa shape index (κ1) is 19.5. The lowest BCUT2D eigenvalue weighted by Crippen LogP contribution is -2.42. The minimum Gasteiger partial charge on any atom is -0.460 e. The topological polar surface area (TPSA) is 108 Å². The first-order valence-corrected chi connectivity index (χ1v) is 8.59. The first-order valence-electron chi connectivity index (χ1n) is 8.59. The molecule has 3 rings (SSSR count). The molecule has 0 radical (unpaired) electrons. The minimum absolute atomic E-state index is 0.00221. The zero-order valence-corrected chi connectivity index (χ0v) is 14.9.